The number of anilines is 5. The van der Waals surface area contributed by atoms with Crippen molar-refractivity contribution >= 4 is 29.2 Å². The molecule has 0 aliphatic carbocycles. The van der Waals surface area contributed by atoms with Gasteiger partial charge >= 0.3 is 0 Å². The lowest BCUT2D eigenvalue weighted by atomic mass is 10.00. The van der Waals surface area contributed by atoms with Crippen LogP contribution in [-0.2, 0) is 0 Å². The molecule has 1 fully saturated rings. The Labute approximate surface area is 182 Å². The number of hydrogen-bond acceptors (Lipinski definition) is 8. The van der Waals surface area contributed by atoms with E-state index >= 15 is 0 Å². The minimum Gasteiger partial charge on any atom is -0.497 e. The molecule has 0 radical (unpaired) electrons. The van der Waals surface area contributed by atoms with Gasteiger partial charge < -0.3 is 25.0 Å². The zero-order valence-corrected chi connectivity index (χ0v) is 18.1. The van der Waals surface area contributed by atoms with Crippen molar-refractivity contribution in [3.05, 3.63) is 48.5 Å². The van der Waals surface area contributed by atoms with Crippen molar-refractivity contribution in [2.45, 2.75) is 19.8 Å². The molecule has 0 unspecified atom stereocenters. The summed E-state index contributed by atoms with van der Waals surface area (Å²) < 4.78 is 10.5. The monoisotopic (exact) mass is 420 g/mol. The minimum atomic E-state index is 0.491. The van der Waals surface area contributed by atoms with Gasteiger partial charge in [0.2, 0.25) is 17.8 Å². The maximum atomic E-state index is 5.23. The van der Waals surface area contributed by atoms with Crippen molar-refractivity contribution in [3.8, 4) is 11.5 Å². The second-order valence-corrected chi connectivity index (χ2v) is 7.66. The molecule has 3 aromatic rings. The normalized spacial score (nSPS) is 14.2. The molecule has 162 valence electrons. The van der Waals surface area contributed by atoms with Gasteiger partial charge in [-0.05, 0) is 67.3 Å². The van der Waals surface area contributed by atoms with Crippen LogP contribution in [0.25, 0.3) is 0 Å². The topological polar surface area (TPSA) is 84.4 Å². The summed E-state index contributed by atoms with van der Waals surface area (Å²) in [5, 5.41) is 6.57. The fourth-order valence-corrected chi connectivity index (χ4v) is 3.43. The van der Waals surface area contributed by atoms with Gasteiger partial charge in [-0.15, -0.1) is 0 Å². The molecule has 1 aromatic heterocycles. The molecule has 1 aliphatic rings. The summed E-state index contributed by atoms with van der Waals surface area (Å²) in [5.41, 5.74) is 1.75. The van der Waals surface area contributed by atoms with Gasteiger partial charge in [0.05, 0.1) is 14.2 Å². The second kappa shape index (κ2) is 9.51. The average molecular weight is 421 g/mol. The maximum Gasteiger partial charge on any atom is 0.233 e. The van der Waals surface area contributed by atoms with E-state index in [0.29, 0.717) is 17.8 Å². The van der Waals surface area contributed by atoms with Gasteiger partial charge in [0.25, 0.3) is 0 Å². The highest BCUT2D eigenvalue weighted by Crippen LogP contribution is 2.25. The van der Waals surface area contributed by atoms with E-state index in [9.17, 15) is 0 Å². The van der Waals surface area contributed by atoms with Gasteiger partial charge in [-0.3, -0.25) is 0 Å². The summed E-state index contributed by atoms with van der Waals surface area (Å²) in [6.45, 7) is 4.17. The molecular weight excluding hydrogens is 392 g/mol. The molecule has 4 rings (SSSR count). The molecule has 8 nitrogen and oxygen atoms in total. The van der Waals surface area contributed by atoms with Crippen molar-refractivity contribution in [1.82, 2.24) is 15.0 Å². The van der Waals surface area contributed by atoms with Crippen LogP contribution in [0.1, 0.15) is 19.8 Å². The van der Waals surface area contributed by atoms with Crippen LogP contribution < -0.4 is 25.0 Å². The van der Waals surface area contributed by atoms with Crippen LogP contribution in [0.2, 0.25) is 0 Å². The second-order valence-electron chi connectivity index (χ2n) is 7.66. The Morgan fingerprint density at radius 2 is 1.19 bits per heavy atom. The lowest BCUT2D eigenvalue weighted by Crippen LogP contribution is -2.34. The van der Waals surface area contributed by atoms with Gasteiger partial charge in [0, 0.05) is 24.5 Å². The number of benzene rings is 2. The zero-order chi connectivity index (χ0) is 21.6. The molecule has 1 aliphatic heterocycles. The first-order chi connectivity index (χ1) is 15.1. The number of hydrogen-bond donors (Lipinski definition) is 2. The van der Waals surface area contributed by atoms with Crippen LogP contribution in [0.3, 0.4) is 0 Å². The van der Waals surface area contributed by atoms with Gasteiger partial charge in [-0.1, -0.05) is 6.92 Å². The predicted octanol–water partition coefficient (Wildman–Crippen LogP) is 4.61. The Hall–Kier alpha value is -3.55. The van der Waals surface area contributed by atoms with E-state index in [1.807, 2.05) is 48.5 Å². The van der Waals surface area contributed by atoms with Crippen LogP contribution in [0.5, 0.6) is 11.5 Å². The van der Waals surface area contributed by atoms with E-state index in [1.165, 1.54) is 0 Å². The van der Waals surface area contributed by atoms with Crippen molar-refractivity contribution < 1.29 is 9.47 Å². The van der Waals surface area contributed by atoms with Crippen LogP contribution in [0, 0.1) is 5.92 Å². The van der Waals surface area contributed by atoms with E-state index in [1.54, 1.807) is 14.2 Å². The fourth-order valence-electron chi connectivity index (χ4n) is 3.43. The molecule has 0 amide bonds. The molecule has 2 N–H and O–H groups in total. The van der Waals surface area contributed by atoms with Crippen LogP contribution in [0.15, 0.2) is 48.5 Å². The van der Waals surface area contributed by atoms with Crippen molar-refractivity contribution in [3.63, 3.8) is 0 Å². The van der Waals surface area contributed by atoms with Crippen molar-refractivity contribution in [2.75, 3.05) is 42.8 Å². The lowest BCUT2D eigenvalue weighted by molar-refractivity contribution is 0.415. The summed E-state index contributed by atoms with van der Waals surface area (Å²) >= 11 is 0. The third-order valence-corrected chi connectivity index (χ3v) is 5.38. The standard InChI is InChI=1S/C23H28N6O2/c1-16-12-14-29(15-13-16)23-27-21(24-17-4-8-19(30-2)9-5-17)26-22(28-23)25-18-6-10-20(31-3)11-7-18/h4-11,16H,12-15H2,1-3H3,(H2,24,25,26,27,28). The Kier molecular flexibility index (Phi) is 6.35. The van der Waals surface area contributed by atoms with Crippen LogP contribution in [-0.4, -0.2) is 42.3 Å². The Balaban J connectivity index is 1.60. The predicted molar refractivity (Wildman–Crippen MR) is 123 cm³/mol. The number of nitrogens with zero attached hydrogens (tertiary/aromatic N) is 4. The van der Waals surface area contributed by atoms with E-state index in [2.05, 4.69) is 27.4 Å². The summed E-state index contributed by atoms with van der Waals surface area (Å²) in [5.74, 6) is 3.98. The maximum absolute atomic E-state index is 5.23. The average Bonchev–Trinajstić information content (AvgIpc) is 2.80. The minimum absolute atomic E-state index is 0.491. The third-order valence-electron chi connectivity index (χ3n) is 5.38. The smallest absolute Gasteiger partial charge is 0.233 e. The molecule has 31 heavy (non-hydrogen) atoms. The number of aromatic nitrogens is 3. The highest BCUT2D eigenvalue weighted by molar-refractivity contribution is 5.60. The van der Waals surface area contributed by atoms with Gasteiger partial charge in [-0.2, -0.15) is 15.0 Å². The lowest BCUT2D eigenvalue weighted by Gasteiger charge is -2.30. The van der Waals surface area contributed by atoms with Gasteiger partial charge in [0.15, 0.2) is 0 Å². The first kappa shape index (κ1) is 20.7. The number of ether oxygens (including phenoxy) is 2. The van der Waals surface area contributed by atoms with Crippen LogP contribution in [0.4, 0.5) is 29.2 Å². The molecule has 0 atom stereocenters. The Morgan fingerprint density at radius 1 is 0.742 bits per heavy atom. The Bertz CT molecular complexity index is 918. The quantitative estimate of drug-likeness (QED) is 0.573. The van der Waals surface area contributed by atoms with Gasteiger partial charge in [0.1, 0.15) is 11.5 Å². The Morgan fingerprint density at radius 3 is 1.61 bits per heavy atom. The molecule has 1 saturated heterocycles. The van der Waals surface area contributed by atoms with Crippen LogP contribution >= 0.6 is 0 Å². The van der Waals surface area contributed by atoms with E-state index in [-0.39, 0.29) is 0 Å². The zero-order valence-electron chi connectivity index (χ0n) is 18.1. The number of methoxy groups -OCH3 is 2. The van der Waals surface area contributed by atoms with Gasteiger partial charge in [-0.25, -0.2) is 0 Å². The summed E-state index contributed by atoms with van der Waals surface area (Å²) in [6, 6.07) is 15.3. The largest absolute Gasteiger partial charge is 0.497 e. The molecule has 2 heterocycles. The third kappa shape index (κ3) is 5.33. The number of rotatable bonds is 7. The fraction of sp³-hybridized carbons (Fsp3) is 0.348. The highest BCUT2D eigenvalue weighted by Gasteiger charge is 2.20. The summed E-state index contributed by atoms with van der Waals surface area (Å²) in [7, 11) is 3.30. The van der Waals surface area contributed by atoms with E-state index in [0.717, 1.165) is 54.7 Å². The summed E-state index contributed by atoms with van der Waals surface area (Å²) in [4.78, 5) is 16.2. The number of piperidine rings is 1. The molecule has 8 heteroatoms. The number of nitrogens with one attached hydrogen (secondary N) is 2. The highest BCUT2D eigenvalue weighted by atomic mass is 16.5. The first-order valence-corrected chi connectivity index (χ1v) is 10.5. The van der Waals surface area contributed by atoms with Crippen molar-refractivity contribution in [2.24, 2.45) is 5.92 Å². The SMILES string of the molecule is COc1ccc(Nc2nc(Nc3ccc(OC)cc3)nc(N3CCC(C)CC3)n2)cc1. The van der Waals surface area contributed by atoms with E-state index < -0.39 is 0 Å². The van der Waals surface area contributed by atoms with Crippen molar-refractivity contribution in [1.29, 1.82) is 0 Å². The first-order valence-electron chi connectivity index (χ1n) is 10.5. The molecular formula is C23H28N6O2. The molecule has 0 bridgehead atoms. The molecule has 0 spiro atoms. The molecule has 2 aromatic carbocycles. The summed E-state index contributed by atoms with van der Waals surface area (Å²) in [6.07, 6.45) is 2.27. The molecule has 0 saturated carbocycles. The van der Waals surface area contributed by atoms with E-state index in [4.69, 9.17) is 19.4 Å².